The van der Waals surface area contributed by atoms with Crippen molar-refractivity contribution in [3.05, 3.63) is 65.5 Å². The van der Waals surface area contributed by atoms with E-state index in [0.29, 0.717) is 23.6 Å². The number of hydrogen-bond donors (Lipinski definition) is 1. The molecule has 4 rings (SSSR count). The summed E-state index contributed by atoms with van der Waals surface area (Å²) >= 11 is 0. The molecule has 160 valence electrons. The molecule has 1 aliphatic heterocycles. The molecule has 6 nitrogen and oxygen atoms in total. The smallest absolute Gasteiger partial charge is 0.238 e. The van der Waals surface area contributed by atoms with Crippen molar-refractivity contribution in [2.24, 2.45) is 0 Å². The van der Waals surface area contributed by atoms with Gasteiger partial charge in [0, 0.05) is 0 Å². The first-order chi connectivity index (χ1) is 14.6. The molecule has 6 heteroatoms. The van der Waals surface area contributed by atoms with Gasteiger partial charge in [-0.3, -0.25) is 4.79 Å². The lowest BCUT2D eigenvalue weighted by atomic mass is 9.81. The molecule has 0 saturated heterocycles. The van der Waals surface area contributed by atoms with Crippen molar-refractivity contribution in [3.63, 3.8) is 0 Å². The maximum absolute atomic E-state index is 13.2. The number of aliphatic hydroxyl groups excluding tert-OH is 1. The fraction of sp³-hybridized carbons (Fsp3) is 0.320. The van der Waals surface area contributed by atoms with Crippen LogP contribution in [0.2, 0.25) is 0 Å². The Morgan fingerprint density at radius 3 is 2.45 bits per heavy atom. The summed E-state index contributed by atoms with van der Waals surface area (Å²) in [6, 6.07) is 13.1. The summed E-state index contributed by atoms with van der Waals surface area (Å²) in [5.74, 6) is 0.522. The monoisotopic (exact) mass is 418 g/mol. The minimum absolute atomic E-state index is 0.0748. The van der Waals surface area contributed by atoms with Gasteiger partial charge < -0.3 is 14.6 Å². The molecule has 0 spiro atoms. The first-order valence-electron chi connectivity index (χ1n) is 10.3. The highest BCUT2D eigenvalue weighted by molar-refractivity contribution is 6.26. The molecule has 2 aromatic carbocycles. The van der Waals surface area contributed by atoms with Crippen LogP contribution < -0.4 is 4.74 Å². The van der Waals surface area contributed by atoms with Crippen molar-refractivity contribution >= 4 is 22.4 Å². The molecule has 0 saturated carbocycles. The Morgan fingerprint density at radius 2 is 1.74 bits per heavy atom. The lowest BCUT2D eigenvalue weighted by Crippen LogP contribution is -2.49. The van der Waals surface area contributed by atoms with Gasteiger partial charge in [-0.2, -0.15) is 0 Å². The highest BCUT2D eigenvalue weighted by Crippen LogP contribution is 2.41. The summed E-state index contributed by atoms with van der Waals surface area (Å²) in [6.07, 6.45) is 2.26. The topological polar surface area (TPSA) is 81.5 Å². The molecule has 2 heterocycles. The number of aromatic nitrogens is 2. The number of rotatable bonds is 4. The molecule has 1 aliphatic rings. The Kier molecular flexibility index (Phi) is 5.06. The summed E-state index contributed by atoms with van der Waals surface area (Å²) in [4.78, 5) is 22.1. The molecule has 0 fully saturated rings. The van der Waals surface area contributed by atoms with Crippen molar-refractivity contribution in [1.82, 2.24) is 9.97 Å². The zero-order valence-corrected chi connectivity index (χ0v) is 18.4. The van der Waals surface area contributed by atoms with Crippen LogP contribution in [0, 0.1) is 0 Å². The van der Waals surface area contributed by atoms with E-state index in [1.165, 1.54) is 0 Å². The Bertz CT molecular complexity index is 1210. The fourth-order valence-electron chi connectivity index (χ4n) is 3.96. The minimum Gasteiger partial charge on any atom is -0.508 e. The summed E-state index contributed by atoms with van der Waals surface area (Å²) in [7, 11) is 0. The zero-order chi connectivity index (χ0) is 22.4. The van der Waals surface area contributed by atoms with Gasteiger partial charge in [0.15, 0.2) is 5.78 Å². The van der Waals surface area contributed by atoms with Crippen molar-refractivity contribution < 1.29 is 19.4 Å². The van der Waals surface area contributed by atoms with Crippen LogP contribution >= 0.6 is 0 Å². The van der Waals surface area contributed by atoms with Gasteiger partial charge in [0.25, 0.3) is 0 Å². The van der Waals surface area contributed by atoms with Crippen molar-refractivity contribution in [2.45, 2.75) is 52.2 Å². The molecular formula is C25H26N2O4. The number of fused-ring (bicyclic) bond motifs is 1. The molecule has 0 unspecified atom stereocenters. The quantitative estimate of drug-likeness (QED) is 0.610. The van der Waals surface area contributed by atoms with E-state index in [1.807, 2.05) is 43.3 Å². The zero-order valence-electron chi connectivity index (χ0n) is 18.4. The van der Waals surface area contributed by atoms with Crippen LogP contribution in [-0.4, -0.2) is 32.1 Å². The number of Topliss-reactive ketones (excluding diaryl/α,β-unsaturated/α-hetero) is 1. The van der Waals surface area contributed by atoms with Gasteiger partial charge in [-0.15, -0.1) is 0 Å². The number of aryl methyl sites for hydroxylation is 1. The molecular weight excluding hydrogens is 392 g/mol. The third-order valence-corrected chi connectivity index (χ3v) is 5.47. The number of nitrogens with zero attached hydrogens (tertiary/aromatic N) is 2. The van der Waals surface area contributed by atoms with Crippen LogP contribution in [0.1, 0.15) is 45.7 Å². The lowest BCUT2D eigenvalue weighted by molar-refractivity contribution is -0.158. The van der Waals surface area contributed by atoms with E-state index >= 15 is 0 Å². The van der Waals surface area contributed by atoms with E-state index in [2.05, 4.69) is 9.97 Å². The number of ketones is 1. The number of aliphatic hydroxyl groups is 1. The van der Waals surface area contributed by atoms with Gasteiger partial charge in [-0.1, -0.05) is 25.1 Å². The van der Waals surface area contributed by atoms with Crippen LogP contribution in [0.4, 0.5) is 0 Å². The second kappa shape index (κ2) is 7.46. The average Bonchev–Trinajstić information content (AvgIpc) is 2.72. The van der Waals surface area contributed by atoms with E-state index < -0.39 is 11.2 Å². The Morgan fingerprint density at radius 1 is 1.03 bits per heavy atom. The van der Waals surface area contributed by atoms with Gasteiger partial charge in [0.2, 0.25) is 5.88 Å². The van der Waals surface area contributed by atoms with Crippen LogP contribution in [-0.2, 0) is 16.0 Å². The summed E-state index contributed by atoms with van der Waals surface area (Å²) in [5.41, 5.74) is 1.31. The fourth-order valence-corrected chi connectivity index (χ4v) is 3.96. The normalized spacial score (nSPS) is 17.8. The third kappa shape index (κ3) is 3.79. The Hall–Kier alpha value is -3.25. The number of benzene rings is 2. The van der Waals surface area contributed by atoms with Gasteiger partial charge in [-0.05, 0) is 69.5 Å². The minimum atomic E-state index is -1.06. The van der Waals surface area contributed by atoms with Gasteiger partial charge in [0.05, 0.1) is 22.8 Å². The summed E-state index contributed by atoms with van der Waals surface area (Å²) < 4.78 is 11.8. The molecule has 0 bridgehead atoms. The molecule has 1 N–H and O–H groups in total. The summed E-state index contributed by atoms with van der Waals surface area (Å²) in [5, 5.41) is 10.9. The van der Waals surface area contributed by atoms with Gasteiger partial charge in [0.1, 0.15) is 22.7 Å². The van der Waals surface area contributed by atoms with Crippen molar-refractivity contribution in [1.29, 1.82) is 0 Å². The Labute approximate surface area is 181 Å². The standard InChI is InChI=1S/C25H26N2O4/c1-6-15-11-12-16(30-20-14-26-18-9-7-8-10-19(18)27-20)13-17(15)21-22(28)24(2,3)31-25(4,5)23(21)29/h7-14,28H,6H2,1-5H3. The van der Waals surface area contributed by atoms with Crippen LogP contribution in [0.5, 0.6) is 11.6 Å². The predicted molar refractivity (Wildman–Crippen MR) is 119 cm³/mol. The largest absolute Gasteiger partial charge is 0.508 e. The molecule has 0 radical (unpaired) electrons. The molecule has 3 aromatic rings. The number of para-hydroxylation sites is 2. The van der Waals surface area contributed by atoms with Crippen LogP contribution in [0.3, 0.4) is 0 Å². The number of carbonyl (C=O) groups is 1. The van der Waals surface area contributed by atoms with Crippen molar-refractivity contribution in [2.75, 3.05) is 0 Å². The first kappa shape index (κ1) is 21.0. The molecule has 0 aliphatic carbocycles. The summed E-state index contributed by atoms with van der Waals surface area (Å²) in [6.45, 7) is 8.96. The predicted octanol–water partition coefficient (Wildman–Crippen LogP) is 5.41. The molecule has 0 amide bonds. The number of hydrogen-bond acceptors (Lipinski definition) is 6. The lowest BCUT2D eigenvalue weighted by Gasteiger charge is -2.40. The second-order valence-corrected chi connectivity index (χ2v) is 8.65. The van der Waals surface area contributed by atoms with E-state index in [9.17, 15) is 9.90 Å². The first-order valence-corrected chi connectivity index (χ1v) is 10.3. The van der Waals surface area contributed by atoms with E-state index in [1.54, 1.807) is 40.0 Å². The number of carbonyl (C=O) groups excluding carboxylic acids is 1. The van der Waals surface area contributed by atoms with E-state index in [-0.39, 0.29) is 17.1 Å². The maximum atomic E-state index is 13.2. The third-order valence-electron chi connectivity index (χ3n) is 5.47. The second-order valence-electron chi connectivity index (χ2n) is 8.65. The van der Waals surface area contributed by atoms with Crippen LogP contribution in [0.25, 0.3) is 16.6 Å². The van der Waals surface area contributed by atoms with Crippen molar-refractivity contribution in [3.8, 4) is 11.6 Å². The highest BCUT2D eigenvalue weighted by Gasteiger charge is 2.47. The maximum Gasteiger partial charge on any atom is 0.238 e. The highest BCUT2D eigenvalue weighted by atomic mass is 16.5. The van der Waals surface area contributed by atoms with Gasteiger partial charge >= 0.3 is 0 Å². The number of ether oxygens (including phenoxy) is 2. The SMILES string of the molecule is CCc1ccc(Oc2cnc3ccccc3n2)cc1C1=C(O)C(C)(C)OC(C)(C)C1=O. The van der Waals surface area contributed by atoms with E-state index in [0.717, 1.165) is 16.6 Å². The van der Waals surface area contributed by atoms with Crippen LogP contribution in [0.15, 0.2) is 54.4 Å². The molecule has 31 heavy (non-hydrogen) atoms. The Balaban J connectivity index is 1.79. The van der Waals surface area contributed by atoms with Gasteiger partial charge in [-0.25, -0.2) is 9.97 Å². The van der Waals surface area contributed by atoms with E-state index in [4.69, 9.17) is 9.47 Å². The average molecular weight is 418 g/mol. The molecule has 1 aromatic heterocycles. The molecule has 0 atom stereocenters.